The molecule has 0 saturated heterocycles. The fourth-order valence-electron chi connectivity index (χ4n) is 1.83. The van der Waals surface area contributed by atoms with Crippen molar-refractivity contribution in [3.63, 3.8) is 0 Å². The average molecular weight is 530 g/mol. The van der Waals surface area contributed by atoms with Crippen LogP contribution in [0.2, 0.25) is 0 Å². The van der Waals surface area contributed by atoms with Crippen molar-refractivity contribution in [3.05, 3.63) is 39.0 Å². The lowest BCUT2D eigenvalue weighted by Crippen LogP contribution is -2.30. The summed E-state index contributed by atoms with van der Waals surface area (Å²) in [5.41, 5.74) is -1.00. The van der Waals surface area contributed by atoms with Gasteiger partial charge in [0.2, 0.25) is 5.88 Å². The molecule has 1 amide bonds. The summed E-state index contributed by atoms with van der Waals surface area (Å²) < 4.78 is 78.0. The van der Waals surface area contributed by atoms with Crippen LogP contribution in [0, 0.1) is 0 Å². The molecule has 13 heteroatoms. The van der Waals surface area contributed by atoms with E-state index in [9.17, 15) is 31.1 Å². The van der Waals surface area contributed by atoms with Gasteiger partial charge >= 0.3 is 12.5 Å². The summed E-state index contributed by atoms with van der Waals surface area (Å²) in [6.45, 7) is 1.45. The van der Waals surface area contributed by atoms with Crippen LogP contribution >= 0.6 is 43.6 Å². The Bertz CT molecular complexity index is 764. The Kier molecular flexibility index (Phi) is 5.84. The van der Waals surface area contributed by atoms with Gasteiger partial charge in [-0.3, -0.25) is 4.79 Å². The maximum Gasteiger partial charge on any atom is 0.574 e. The van der Waals surface area contributed by atoms with Crippen LogP contribution in [0.5, 0.6) is 0 Å². The van der Waals surface area contributed by atoms with Crippen molar-refractivity contribution >= 4 is 55.2 Å². The van der Waals surface area contributed by atoms with Crippen LogP contribution in [-0.4, -0.2) is 16.0 Å². The molecule has 1 heterocycles. The van der Waals surface area contributed by atoms with Crippen molar-refractivity contribution in [2.45, 2.75) is 23.2 Å². The second kappa shape index (κ2) is 7.15. The van der Waals surface area contributed by atoms with Crippen LogP contribution in [0.25, 0.3) is 0 Å². The molecule has 1 aliphatic rings. The first-order chi connectivity index (χ1) is 11.7. The number of amides is 1. The van der Waals surface area contributed by atoms with Crippen molar-refractivity contribution in [2.24, 2.45) is 0 Å². The third-order valence-electron chi connectivity index (χ3n) is 2.81. The van der Waals surface area contributed by atoms with Gasteiger partial charge in [-0.15, -0.1) is 13.2 Å². The number of thioether (sulfide) groups is 1. The van der Waals surface area contributed by atoms with E-state index < -0.39 is 38.6 Å². The average Bonchev–Trinajstić information content (AvgIpc) is 2.72. The maximum absolute atomic E-state index is 12.6. The molecular formula is C13H8Br2F6N2O2S. The zero-order chi connectivity index (χ0) is 19.9. The minimum Gasteiger partial charge on any atom is -0.389 e. The predicted molar refractivity (Wildman–Crippen MR) is 90.0 cm³/mol. The van der Waals surface area contributed by atoms with Gasteiger partial charge in [0, 0.05) is 4.47 Å². The molecule has 26 heavy (non-hydrogen) atoms. The van der Waals surface area contributed by atoms with E-state index in [1.165, 1.54) is 6.92 Å². The topological polar surface area (TPSA) is 50.4 Å². The Balaban J connectivity index is 2.26. The van der Waals surface area contributed by atoms with Gasteiger partial charge in [0.1, 0.15) is 8.69 Å². The summed E-state index contributed by atoms with van der Waals surface area (Å²) in [6.07, 6.45) is -9.61. The molecule has 1 unspecified atom stereocenters. The quantitative estimate of drug-likeness (QED) is 0.308. The Hall–Kier alpha value is -1.08. The van der Waals surface area contributed by atoms with Crippen LogP contribution in [-0.2, 0) is 15.7 Å². The van der Waals surface area contributed by atoms with E-state index in [4.69, 9.17) is 0 Å². The van der Waals surface area contributed by atoms with Gasteiger partial charge in [-0.1, -0.05) is 11.8 Å². The van der Waals surface area contributed by atoms with Gasteiger partial charge < -0.3 is 15.4 Å². The third-order valence-corrected chi connectivity index (χ3v) is 5.21. The highest BCUT2D eigenvalue weighted by Crippen LogP contribution is 2.45. The Morgan fingerprint density at radius 1 is 1.27 bits per heavy atom. The zero-order valence-electron chi connectivity index (χ0n) is 12.5. The molecule has 2 rings (SSSR count). The van der Waals surface area contributed by atoms with E-state index >= 15 is 0 Å². The fraction of sp³-hybridized carbons (Fsp3) is 0.308. The van der Waals surface area contributed by atoms with Crippen LogP contribution in [0.15, 0.2) is 33.5 Å². The molecule has 2 N–H and O–H groups in total. The van der Waals surface area contributed by atoms with Gasteiger partial charge in [-0.25, -0.2) is 0 Å². The van der Waals surface area contributed by atoms with E-state index in [2.05, 4.69) is 47.2 Å². The van der Waals surface area contributed by atoms with E-state index in [1.807, 2.05) is 0 Å². The summed E-state index contributed by atoms with van der Waals surface area (Å²) in [5.74, 6) is -1.80. The highest BCUT2D eigenvalue weighted by Gasteiger charge is 2.43. The number of halogens is 8. The van der Waals surface area contributed by atoms with Crippen molar-refractivity contribution in [1.82, 2.24) is 5.32 Å². The normalized spacial score (nSPS) is 20.8. The Morgan fingerprint density at radius 2 is 1.88 bits per heavy atom. The van der Waals surface area contributed by atoms with E-state index in [0.717, 1.165) is 18.2 Å². The van der Waals surface area contributed by atoms with Crippen molar-refractivity contribution < 1.29 is 35.9 Å². The van der Waals surface area contributed by atoms with Gasteiger partial charge in [0.15, 0.2) is 0 Å². The van der Waals surface area contributed by atoms with E-state index in [-0.39, 0.29) is 10.2 Å². The molecule has 1 aromatic carbocycles. The highest BCUT2D eigenvalue weighted by atomic mass is 79.9. The summed E-state index contributed by atoms with van der Waals surface area (Å²) in [6, 6.07) is 2.46. The number of hydrogen-bond donors (Lipinski definition) is 2. The molecule has 1 aliphatic heterocycles. The summed E-state index contributed by atoms with van der Waals surface area (Å²) >= 11 is 6.68. The molecular weight excluding hydrogens is 522 g/mol. The first kappa shape index (κ1) is 21.2. The smallest absolute Gasteiger partial charge is 0.389 e. The van der Waals surface area contributed by atoms with E-state index in [1.54, 1.807) is 0 Å². The monoisotopic (exact) mass is 528 g/mol. The van der Waals surface area contributed by atoms with Gasteiger partial charge in [0.25, 0.3) is 5.91 Å². The summed E-state index contributed by atoms with van der Waals surface area (Å²) in [5, 5.41) is 4.59. The number of carbonyl (C=O) groups is 1. The Labute approximate surface area is 164 Å². The molecule has 0 aliphatic carbocycles. The molecule has 4 nitrogen and oxygen atoms in total. The number of alkyl halides is 7. The zero-order valence-corrected chi connectivity index (χ0v) is 16.5. The van der Waals surface area contributed by atoms with Gasteiger partial charge in [-0.2, -0.15) is 13.2 Å². The van der Waals surface area contributed by atoms with Crippen LogP contribution in [0.3, 0.4) is 0 Å². The second-order valence-corrected chi connectivity index (χ2v) is 9.39. The molecule has 1 atom stereocenters. The van der Waals surface area contributed by atoms with Gasteiger partial charge in [0.05, 0.1) is 11.3 Å². The van der Waals surface area contributed by atoms with Crippen molar-refractivity contribution in [1.29, 1.82) is 0 Å². The van der Waals surface area contributed by atoms with E-state index in [0.29, 0.717) is 11.8 Å². The fourth-order valence-corrected chi connectivity index (χ4v) is 3.83. The van der Waals surface area contributed by atoms with Crippen molar-refractivity contribution in [2.75, 3.05) is 5.32 Å². The van der Waals surface area contributed by atoms with Crippen LogP contribution < -0.4 is 10.6 Å². The van der Waals surface area contributed by atoms with Crippen LogP contribution in [0.4, 0.5) is 32.0 Å². The molecule has 144 valence electrons. The highest BCUT2D eigenvalue weighted by molar-refractivity contribution is 9.12. The number of nitrogens with one attached hydrogen (secondary N) is 2. The first-order valence-electron chi connectivity index (χ1n) is 6.52. The molecule has 0 bridgehead atoms. The lowest BCUT2D eigenvalue weighted by molar-refractivity contribution is -0.307. The minimum absolute atomic E-state index is 0.0503. The molecule has 0 radical (unpaired) electrons. The van der Waals surface area contributed by atoms with Gasteiger partial charge in [-0.05, 0) is 57.0 Å². The number of benzene rings is 1. The number of hydrogen-bond acceptors (Lipinski definition) is 4. The standard InChI is InChI=1S/C13H8Br2F6N2O2S/c1-11(15)23-10(25-13(19,20)21)8(26-11)9(24)22-7-3-2-5(4-6(7)14)12(16,17)18/h2-4,23H,1H3,(H,22,24). The minimum atomic E-state index is -5.03. The summed E-state index contributed by atoms with van der Waals surface area (Å²) in [7, 11) is 0. The SMILES string of the molecule is CC1(Br)NC(OC(F)(F)F)=C(C(=O)Nc2ccc(C(F)(F)F)cc2Br)S1. The largest absolute Gasteiger partial charge is 0.574 e. The lowest BCUT2D eigenvalue weighted by Gasteiger charge is -2.17. The molecule has 0 saturated carbocycles. The molecule has 0 aromatic heterocycles. The Morgan fingerprint density at radius 3 is 2.38 bits per heavy atom. The number of carbonyl (C=O) groups excluding carboxylic acids is 1. The molecule has 0 spiro atoms. The molecule has 0 fully saturated rings. The van der Waals surface area contributed by atoms with Crippen LogP contribution in [0.1, 0.15) is 12.5 Å². The summed E-state index contributed by atoms with van der Waals surface area (Å²) in [4.78, 5) is 11.9. The number of rotatable bonds is 3. The maximum atomic E-state index is 12.6. The third kappa shape index (κ3) is 5.46. The second-order valence-electron chi connectivity index (χ2n) is 5.00. The first-order valence-corrected chi connectivity index (χ1v) is 8.92. The number of ether oxygens (including phenoxy) is 1. The predicted octanol–water partition coefficient (Wildman–Crippen LogP) is 5.52. The number of anilines is 1. The molecule has 1 aromatic rings. The van der Waals surface area contributed by atoms with Crippen molar-refractivity contribution in [3.8, 4) is 0 Å². The lowest BCUT2D eigenvalue weighted by atomic mass is 10.2.